The zero-order chi connectivity index (χ0) is 28.4. The van der Waals surface area contributed by atoms with Gasteiger partial charge in [0.25, 0.3) is 0 Å². The summed E-state index contributed by atoms with van der Waals surface area (Å²) in [5.74, 6) is 39.6. The predicted molar refractivity (Wildman–Crippen MR) is 151 cm³/mol. The molecule has 2 unspecified atom stereocenters. The second-order valence-electron chi connectivity index (χ2n) is 10.9. The van der Waals surface area contributed by atoms with E-state index < -0.39 is 0 Å². The first-order chi connectivity index (χ1) is 18.0. The lowest BCUT2D eigenvalue weighted by Crippen LogP contribution is -2.47. The van der Waals surface area contributed by atoms with Gasteiger partial charge in [0.05, 0.1) is 6.10 Å². The van der Waals surface area contributed by atoms with Crippen molar-refractivity contribution in [3.63, 3.8) is 0 Å². The van der Waals surface area contributed by atoms with E-state index in [0.717, 1.165) is 12.8 Å². The van der Waals surface area contributed by atoms with E-state index in [0.29, 0.717) is 12.3 Å². The van der Waals surface area contributed by atoms with Crippen LogP contribution in [0, 0.1) is 136 Å². The molecule has 0 aliphatic heterocycles. The lowest BCUT2D eigenvalue weighted by molar-refractivity contribution is -0.137. The molecule has 1 fully saturated rings. The molecular formula is C35H32O3. The fraction of sp³-hybridized carbons (Fsp3) is 0.457. The maximum atomic E-state index is 12.2. The Labute approximate surface area is 229 Å². The third-order valence-electron chi connectivity index (χ3n) is 6.14. The van der Waals surface area contributed by atoms with Gasteiger partial charge in [-0.15, -0.1) is 6.42 Å². The average Bonchev–Trinajstić information content (AvgIpc) is 2.83. The lowest BCUT2D eigenvalue weighted by atomic mass is 9.58. The second-order valence-corrected chi connectivity index (χ2v) is 10.9. The number of rotatable bonds is 3. The summed E-state index contributed by atoms with van der Waals surface area (Å²) in [5, 5.41) is 11.0. The van der Waals surface area contributed by atoms with Crippen molar-refractivity contribution in [3.8, 4) is 107 Å². The molecule has 1 aliphatic rings. The van der Waals surface area contributed by atoms with Crippen LogP contribution in [0.1, 0.15) is 67.2 Å². The number of hydrogen-bond donors (Lipinski definition) is 1. The normalized spacial score (nSPS) is 18.9. The molecule has 0 heterocycles. The van der Waals surface area contributed by atoms with Crippen molar-refractivity contribution in [2.45, 2.75) is 73.3 Å². The summed E-state index contributed by atoms with van der Waals surface area (Å²) >= 11 is 0. The molecule has 1 saturated carbocycles. The van der Waals surface area contributed by atoms with Gasteiger partial charge in [0, 0.05) is 53.8 Å². The predicted octanol–water partition coefficient (Wildman–Crippen LogP) is 4.02. The van der Waals surface area contributed by atoms with Crippen molar-refractivity contribution in [1.29, 1.82) is 0 Å². The minimum absolute atomic E-state index is 0.00255. The van der Waals surface area contributed by atoms with Gasteiger partial charge in [-0.25, -0.2) is 0 Å². The van der Waals surface area contributed by atoms with Crippen LogP contribution in [0.25, 0.3) is 0 Å². The summed E-state index contributed by atoms with van der Waals surface area (Å²) in [6, 6.07) is 0. The highest BCUT2D eigenvalue weighted by atomic mass is 16.5. The smallest absolute Gasteiger partial charge is 0.319 e. The molecule has 3 heteroatoms. The first-order valence-corrected chi connectivity index (χ1v) is 12.3. The van der Waals surface area contributed by atoms with Crippen LogP contribution < -0.4 is 0 Å². The molecular weight excluding hydrogens is 468 g/mol. The van der Waals surface area contributed by atoms with E-state index >= 15 is 0 Å². The average molecular weight is 501 g/mol. The largest absolute Gasteiger partial charge is 0.393 e. The number of carbonyl (C=O) groups is 1. The van der Waals surface area contributed by atoms with Gasteiger partial charge < -0.3 is 9.84 Å². The number of ether oxygens (including phenoxy) is 1. The van der Waals surface area contributed by atoms with E-state index in [2.05, 4.69) is 142 Å². The standard InChI is InChI=1S/C35H32O3/c1-8-9-10-11-12-13-14-15-16-17-18-19-20-21-22-23-26-38-32(36)25-24-29-27-30(34(2,3)4)33(37)31(28-29)35(5,6)7/h1,29-31,33,37H,24-25,27-28H2,2-7H3. The SMILES string of the molecule is C#CC#CC#CC#CC#CC#CC#CC#CC#COC(=O)CCC1CC(C(C)(C)C)C(O)C(C(C)(C)C)C1. The Balaban J connectivity index is 2.53. The van der Waals surface area contributed by atoms with Crippen molar-refractivity contribution in [2.75, 3.05) is 0 Å². The molecule has 0 saturated heterocycles. The molecule has 38 heavy (non-hydrogen) atoms. The Morgan fingerprint density at radius 3 is 1.45 bits per heavy atom. The Morgan fingerprint density at radius 2 is 1.08 bits per heavy atom. The summed E-state index contributed by atoms with van der Waals surface area (Å²) in [6.45, 7) is 13.1. The van der Waals surface area contributed by atoms with E-state index in [-0.39, 0.29) is 41.2 Å². The maximum Gasteiger partial charge on any atom is 0.319 e. The van der Waals surface area contributed by atoms with Crippen LogP contribution in [-0.2, 0) is 9.53 Å². The molecule has 0 aromatic rings. The monoisotopic (exact) mass is 500 g/mol. The molecule has 0 aromatic carbocycles. The van der Waals surface area contributed by atoms with Crippen molar-refractivity contribution in [2.24, 2.45) is 28.6 Å². The van der Waals surface area contributed by atoms with E-state index in [1.165, 1.54) is 0 Å². The molecule has 0 spiro atoms. The summed E-state index contributed by atoms with van der Waals surface area (Å²) in [7, 11) is 0. The highest BCUT2D eigenvalue weighted by Crippen LogP contribution is 2.49. The molecule has 190 valence electrons. The van der Waals surface area contributed by atoms with Crippen molar-refractivity contribution in [1.82, 2.24) is 0 Å². The van der Waals surface area contributed by atoms with Crippen molar-refractivity contribution >= 4 is 5.97 Å². The molecule has 0 amide bonds. The van der Waals surface area contributed by atoms with Gasteiger partial charge in [-0.05, 0) is 95.2 Å². The number of hydrogen-bond acceptors (Lipinski definition) is 3. The fourth-order valence-corrected chi connectivity index (χ4v) is 4.26. The summed E-state index contributed by atoms with van der Waals surface area (Å²) in [4.78, 5) is 12.2. The van der Waals surface area contributed by atoms with Crippen molar-refractivity contribution in [3.05, 3.63) is 0 Å². The maximum absolute atomic E-state index is 12.2. The quantitative estimate of drug-likeness (QED) is 0.470. The van der Waals surface area contributed by atoms with Gasteiger partial charge in [-0.3, -0.25) is 4.79 Å². The van der Waals surface area contributed by atoms with Crippen LogP contribution in [0.2, 0.25) is 0 Å². The van der Waals surface area contributed by atoms with E-state index in [1.807, 2.05) is 0 Å². The van der Waals surface area contributed by atoms with Crippen molar-refractivity contribution < 1.29 is 14.6 Å². The van der Waals surface area contributed by atoms with E-state index in [1.54, 1.807) is 0 Å². The fourth-order valence-electron chi connectivity index (χ4n) is 4.26. The summed E-state index contributed by atoms with van der Waals surface area (Å²) < 4.78 is 4.98. The number of carbonyl (C=O) groups excluding carboxylic acids is 1. The van der Waals surface area contributed by atoms with Crippen LogP contribution in [0.5, 0.6) is 0 Å². The number of terminal acetylenes is 1. The molecule has 1 aliphatic carbocycles. The third-order valence-corrected chi connectivity index (χ3v) is 6.14. The van der Waals surface area contributed by atoms with Gasteiger partial charge in [0.2, 0.25) is 0 Å². The molecule has 0 aromatic heterocycles. The molecule has 0 bridgehead atoms. The van der Waals surface area contributed by atoms with Crippen LogP contribution in [0.3, 0.4) is 0 Å². The molecule has 0 radical (unpaired) electrons. The molecule has 1 N–H and O–H groups in total. The van der Waals surface area contributed by atoms with Gasteiger partial charge in [0.15, 0.2) is 0 Å². The summed E-state index contributed by atoms with van der Waals surface area (Å²) in [5.41, 5.74) is -0.00511. The zero-order valence-corrected chi connectivity index (χ0v) is 23.0. The molecule has 1 rings (SSSR count). The third kappa shape index (κ3) is 13.0. The van der Waals surface area contributed by atoms with Crippen LogP contribution in [0.4, 0.5) is 0 Å². The second kappa shape index (κ2) is 16.3. The highest BCUT2D eigenvalue weighted by molar-refractivity contribution is 5.70. The first-order valence-electron chi connectivity index (χ1n) is 12.3. The van der Waals surface area contributed by atoms with Gasteiger partial charge in [0.1, 0.15) is 6.11 Å². The Hall–Kier alpha value is -4.53. The van der Waals surface area contributed by atoms with Gasteiger partial charge in [-0.1, -0.05) is 41.5 Å². The van der Waals surface area contributed by atoms with Crippen LogP contribution in [0.15, 0.2) is 0 Å². The van der Waals surface area contributed by atoms with Crippen LogP contribution in [-0.4, -0.2) is 17.2 Å². The van der Waals surface area contributed by atoms with E-state index in [9.17, 15) is 9.90 Å². The number of aliphatic hydroxyl groups is 1. The first kappa shape index (κ1) is 31.5. The zero-order valence-electron chi connectivity index (χ0n) is 23.0. The Bertz CT molecular complexity index is 1390. The van der Waals surface area contributed by atoms with Crippen LogP contribution >= 0.6 is 0 Å². The van der Waals surface area contributed by atoms with Gasteiger partial charge >= 0.3 is 5.97 Å². The minimum Gasteiger partial charge on any atom is -0.393 e. The number of esters is 1. The molecule has 3 nitrogen and oxygen atoms in total. The highest BCUT2D eigenvalue weighted by Gasteiger charge is 2.45. The lowest BCUT2D eigenvalue weighted by Gasteiger charge is -2.49. The number of aliphatic hydroxyl groups excluding tert-OH is 1. The molecule has 2 atom stereocenters. The Morgan fingerprint density at radius 1 is 0.711 bits per heavy atom. The summed E-state index contributed by atoms with van der Waals surface area (Å²) in [6.07, 6.45) is 9.72. The van der Waals surface area contributed by atoms with E-state index in [4.69, 9.17) is 11.2 Å². The Kier molecular flexibility index (Phi) is 13.5. The van der Waals surface area contributed by atoms with Gasteiger partial charge in [-0.2, -0.15) is 0 Å². The minimum atomic E-state index is -0.379. The topological polar surface area (TPSA) is 46.5 Å².